The minimum Gasteiger partial charge on any atom is -0.384 e. The Bertz CT molecular complexity index is 774. The highest BCUT2D eigenvalue weighted by molar-refractivity contribution is 5.83. The Morgan fingerprint density at radius 1 is 1.16 bits per heavy atom. The summed E-state index contributed by atoms with van der Waals surface area (Å²) < 4.78 is 12.3. The molecule has 2 aromatic rings. The predicted octanol–water partition coefficient (Wildman–Crippen LogP) is 4.32. The van der Waals surface area contributed by atoms with Gasteiger partial charge in [-0.2, -0.15) is 0 Å². The Balaban J connectivity index is 1.42. The maximum atomic E-state index is 6.19. The summed E-state index contributed by atoms with van der Waals surface area (Å²) in [6, 6.07) is 10.3. The van der Waals surface area contributed by atoms with Gasteiger partial charge in [-0.05, 0) is 69.1 Å². The second kappa shape index (κ2) is 6.26. The van der Waals surface area contributed by atoms with Crippen LogP contribution in [0.15, 0.2) is 30.3 Å². The van der Waals surface area contributed by atoms with Crippen molar-refractivity contribution in [3.63, 3.8) is 0 Å². The molecule has 2 aliphatic rings. The van der Waals surface area contributed by atoms with Crippen LogP contribution in [0.4, 0.5) is 5.82 Å². The third kappa shape index (κ3) is 3.25. The van der Waals surface area contributed by atoms with Gasteiger partial charge in [0, 0.05) is 5.39 Å². The van der Waals surface area contributed by atoms with Crippen LogP contribution in [0.3, 0.4) is 0 Å². The molecule has 0 amide bonds. The molecule has 1 aliphatic carbocycles. The van der Waals surface area contributed by atoms with E-state index in [1.807, 2.05) is 19.9 Å². The van der Waals surface area contributed by atoms with Gasteiger partial charge in [-0.15, -0.1) is 0 Å². The number of aromatic nitrogens is 1. The molecule has 0 spiro atoms. The van der Waals surface area contributed by atoms with Crippen molar-refractivity contribution >= 4 is 16.7 Å². The molecule has 1 saturated carbocycles. The first kappa shape index (κ1) is 16.8. The molecule has 4 rings (SSSR count). The summed E-state index contributed by atoms with van der Waals surface area (Å²) in [4.78, 5) is 4.54. The van der Waals surface area contributed by atoms with Gasteiger partial charge in [-0.3, -0.25) is 0 Å². The van der Waals surface area contributed by atoms with E-state index < -0.39 is 5.79 Å². The van der Waals surface area contributed by atoms with E-state index in [0.717, 1.165) is 23.7 Å². The van der Waals surface area contributed by atoms with Crippen molar-refractivity contribution in [3.05, 3.63) is 35.9 Å². The Kier molecular flexibility index (Phi) is 4.20. The molecular formula is C21H28N2O2. The molecule has 4 heteroatoms. The van der Waals surface area contributed by atoms with Crippen LogP contribution in [0.25, 0.3) is 10.9 Å². The van der Waals surface area contributed by atoms with Crippen LogP contribution in [0.1, 0.15) is 45.6 Å². The zero-order valence-corrected chi connectivity index (χ0v) is 15.4. The van der Waals surface area contributed by atoms with E-state index in [0.29, 0.717) is 17.7 Å². The number of para-hydroxylation sites is 1. The van der Waals surface area contributed by atoms with Crippen molar-refractivity contribution in [2.75, 3.05) is 5.73 Å². The van der Waals surface area contributed by atoms with Gasteiger partial charge in [0.2, 0.25) is 0 Å². The summed E-state index contributed by atoms with van der Waals surface area (Å²) >= 11 is 0. The largest absolute Gasteiger partial charge is 0.384 e. The Morgan fingerprint density at radius 3 is 2.80 bits per heavy atom. The van der Waals surface area contributed by atoms with Gasteiger partial charge < -0.3 is 15.2 Å². The minimum atomic E-state index is -0.431. The SMILES string of the molecule is C[C@@H]1C[C@H](CCCc2cccc3ccc(N)nc23)[C@H]2OC(C)(C)O[C@H]21. The fraction of sp³-hybridized carbons (Fsp3) is 0.571. The van der Waals surface area contributed by atoms with E-state index in [1.54, 1.807) is 0 Å². The molecule has 4 atom stereocenters. The minimum absolute atomic E-state index is 0.256. The predicted molar refractivity (Wildman–Crippen MR) is 100 cm³/mol. The van der Waals surface area contributed by atoms with Crippen LogP contribution in [0.2, 0.25) is 0 Å². The second-order valence-corrected chi connectivity index (χ2v) is 8.16. The molecule has 134 valence electrons. The van der Waals surface area contributed by atoms with Gasteiger partial charge in [0.1, 0.15) is 5.82 Å². The molecule has 0 radical (unpaired) electrons. The molecular weight excluding hydrogens is 312 g/mol. The van der Waals surface area contributed by atoms with E-state index in [4.69, 9.17) is 15.2 Å². The summed E-state index contributed by atoms with van der Waals surface area (Å²) in [5.41, 5.74) is 8.21. The standard InChI is InChI=1S/C21H28N2O2/c1-13-12-16(20-19(13)24-21(2,3)25-20)9-5-7-14-6-4-8-15-10-11-17(22)23-18(14)15/h4,6,8,10-11,13,16,19-20H,5,7,9,12H2,1-3H3,(H2,22,23)/t13-,16+,19+,20-/m1/s1. The summed E-state index contributed by atoms with van der Waals surface area (Å²) in [7, 11) is 0. The number of benzene rings is 1. The molecule has 1 aliphatic heterocycles. The fourth-order valence-corrected chi connectivity index (χ4v) is 4.63. The zero-order chi connectivity index (χ0) is 17.6. The monoisotopic (exact) mass is 340 g/mol. The van der Waals surface area contributed by atoms with Crippen LogP contribution in [0, 0.1) is 11.8 Å². The molecule has 1 aromatic heterocycles. The summed E-state index contributed by atoms with van der Waals surface area (Å²) in [6.07, 6.45) is 5.06. The molecule has 2 heterocycles. The fourth-order valence-electron chi connectivity index (χ4n) is 4.63. The Morgan fingerprint density at radius 2 is 1.96 bits per heavy atom. The number of pyridine rings is 1. The van der Waals surface area contributed by atoms with E-state index in [-0.39, 0.29) is 12.2 Å². The first-order valence-electron chi connectivity index (χ1n) is 9.43. The first-order chi connectivity index (χ1) is 11.9. The van der Waals surface area contributed by atoms with Crippen molar-refractivity contribution in [1.29, 1.82) is 0 Å². The van der Waals surface area contributed by atoms with Crippen molar-refractivity contribution in [2.24, 2.45) is 11.8 Å². The average molecular weight is 340 g/mol. The molecule has 25 heavy (non-hydrogen) atoms. The summed E-state index contributed by atoms with van der Waals surface area (Å²) in [6.45, 7) is 6.35. The lowest BCUT2D eigenvalue weighted by molar-refractivity contribution is -0.160. The van der Waals surface area contributed by atoms with Gasteiger partial charge in [-0.1, -0.05) is 25.1 Å². The van der Waals surface area contributed by atoms with Crippen molar-refractivity contribution in [3.8, 4) is 0 Å². The van der Waals surface area contributed by atoms with Crippen LogP contribution < -0.4 is 5.73 Å². The third-order valence-electron chi connectivity index (χ3n) is 5.71. The molecule has 1 saturated heterocycles. The third-order valence-corrected chi connectivity index (χ3v) is 5.71. The zero-order valence-electron chi connectivity index (χ0n) is 15.4. The molecule has 2 fully saturated rings. The number of aryl methyl sites for hydroxylation is 1. The van der Waals surface area contributed by atoms with Gasteiger partial charge in [0.05, 0.1) is 17.7 Å². The van der Waals surface area contributed by atoms with E-state index in [9.17, 15) is 0 Å². The topological polar surface area (TPSA) is 57.4 Å². The van der Waals surface area contributed by atoms with Gasteiger partial charge >= 0.3 is 0 Å². The van der Waals surface area contributed by atoms with Crippen LogP contribution in [-0.2, 0) is 15.9 Å². The lowest BCUT2D eigenvalue weighted by Gasteiger charge is -2.22. The van der Waals surface area contributed by atoms with Crippen LogP contribution in [-0.4, -0.2) is 23.0 Å². The maximum Gasteiger partial charge on any atom is 0.163 e. The number of ether oxygens (including phenoxy) is 2. The van der Waals surface area contributed by atoms with Crippen molar-refractivity contribution in [1.82, 2.24) is 4.98 Å². The van der Waals surface area contributed by atoms with E-state index >= 15 is 0 Å². The summed E-state index contributed by atoms with van der Waals surface area (Å²) in [5, 5.41) is 1.16. The van der Waals surface area contributed by atoms with E-state index in [2.05, 4.69) is 36.2 Å². The quantitative estimate of drug-likeness (QED) is 0.901. The number of rotatable bonds is 4. The van der Waals surface area contributed by atoms with Gasteiger partial charge in [-0.25, -0.2) is 4.98 Å². The van der Waals surface area contributed by atoms with E-state index in [1.165, 1.54) is 18.4 Å². The number of fused-ring (bicyclic) bond motifs is 2. The van der Waals surface area contributed by atoms with Crippen LogP contribution >= 0.6 is 0 Å². The second-order valence-electron chi connectivity index (χ2n) is 8.16. The highest BCUT2D eigenvalue weighted by Gasteiger charge is 2.51. The lowest BCUT2D eigenvalue weighted by atomic mass is 9.95. The van der Waals surface area contributed by atoms with Crippen LogP contribution in [0.5, 0.6) is 0 Å². The number of hydrogen-bond acceptors (Lipinski definition) is 4. The number of hydrogen-bond donors (Lipinski definition) is 1. The molecule has 0 bridgehead atoms. The molecule has 0 unspecified atom stereocenters. The Hall–Kier alpha value is -1.65. The normalized spacial score (nSPS) is 30.7. The highest BCUT2D eigenvalue weighted by Crippen LogP contribution is 2.46. The smallest absolute Gasteiger partial charge is 0.163 e. The number of nitrogens with zero attached hydrogens (tertiary/aromatic N) is 1. The maximum absolute atomic E-state index is 6.19. The summed E-state index contributed by atoms with van der Waals surface area (Å²) in [5.74, 6) is 1.33. The van der Waals surface area contributed by atoms with Gasteiger partial charge in [0.15, 0.2) is 5.79 Å². The number of nitrogens with two attached hydrogens (primary N) is 1. The Labute approximate surface area is 149 Å². The average Bonchev–Trinajstić information content (AvgIpc) is 3.02. The van der Waals surface area contributed by atoms with Crippen molar-refractivity contribution < 1.29 is 9.47 Å². The lowest BCUT2D eigenvalue weighted by Crippen LogP contribution is -2.25. The number of anilines is 1. The van der Waals surface area contributed by atoms with Crippen molar-refractivity contribution in [2.45, 2.75) is 64.4 Å². The number of nitrogen functional groups attached to an aromatic ring is 1. The first-order valence-corrected chi connectivity index (χ1v) is 9.43. The molecule has 4 nitrogen and oxygen atoms in total. The molecule has 2 N–H and O–H groups in total. The highest BCUT2D eigenvalue weighted by atomic mass is 16.8. The van der Waals surface area contributed by atoms with Gasteiger partial charge in [0.25, 0.3) is 0 Å². The molecule has 1 aromatic carbocycles.